The summed E-state index contributed by atoms with van der Waals surface area (Å²) in [5, 5.41) is 19.1. The van der Waals surface area contributed by atoms with Crippen LogP contribution in [0.2, 0.25) is 0 Å². The van der Waals surface area contributed by atoms with Gasteiger partial charge in [-0.3, -0.25) is 4.90 Å². The lowest BCUT2D eigenvalue weighted by molar-refractivity contribution is 0.349. The van der Waals surface area contributed by atoms with Crippen LogP contribution >= 0.6 is 0 Å². The topological polar surface area (TPSA) is 43.7 Å². The molecule has 0 aliphatic rings. The Hall–Kier alpha value is -2.54. The lowest BCUT2D eigenvalue weighted by Crippen LogP contribution is -2.26. The summed E-state index contributed by atoms with van der Waals surface area (Å²) in [5.41, 5.74) is 1.10. The van der Waals surface area contributed by atoms with Crippen molar-refractivity contribution in [3.05, 3.63) is 23.3 Å². The number of benzene rings is 1. The molecule has 0 aromatic heterocycles. The molecule has 0 bridgehead atoms. The second kappa shape index (κ2) is 7.02. The summed E-state index contributed by atoms with van der Waals surface area (Å²) in [5.74, 6) is 6.92. The first kappa shape index (κ1) is 14.5. The molecule has 0 unspecified atom stereocenters. The average Bonchev–Trinajstić information content (AvgIpc) is 2.40. The molecule has 0 amide bonds. The van der Waals surface area contributed by atoms with Crippen LogP contribution in [0, 0.1) is 37.0 Å². The van der Waals surface area contributed by atoms with E-state index in [1.807, 2.05) is 4.90 Å². The zero-order chi connectivity index (χ0) is 14.3. The fourth-order valence-corrected chi connectivity index (χ4v) is 1.69. The molecule has 0 atom stereocenters. The third-order valence-corrected chi connectivity index (χ3v) is 2.65. The van der Waals surface area contributed by atoms with Crippen LogP contribution in [0.5, 0.6) is 11.5 Å². The first-order valence-corrected chi connectivity index (χ1v) is 5.73. The summed E-state index contributed by atoms with van der Waals surface area (Å²) >= 11 is 0. The maximum Gasteiger partial charge on any atom is 0.173 e. The smallest absolute Gasteiger partial charge is 0.173 e. The molecule has 1 rings (SSSR count). The van der Waals surface area contributed by atoms with Crippen LogP contribution in [-0.4, -0.2) is 34.7 Å². The number of aromatic hydroxyl groups is 2. The summed E-state index contributed by atoms with van der Waals surface area (Å²) in [4.78, 5) is 1.93. The Kier molecular flexibility index (Phi) is 5.36. The Morgan fingerprint density at radius 3 is 2.21 bits per heavy atom. The van der Waals surface area contributed by atoms with Crippen molar-refractivity contribution in [2.75, 3.05) is 19.6 Å². The van der Waals surface area contributed by atoms with Gasteiger partial charge in [0.15, 0.2) is 11.5 Å². The number of terminal acetylenes is 3. The fraction of sp³-hybridized carbons (Fsp3) is 0.250. The van der Waals surface area contributed by atoms with Gasteiger partial charge in [0.25, 0.3) is 0 Å². The van der Waals surface area contributed by atoms with Crippen molar-refractivity contribution in [1.29, 1.82) is 0 Å². The Morgan fingerprint density at radius 1 is 1.05 bits per heavy atom. The van der Waals surface area contributed by atoms with Crippen molar-refractivity contribution in [2.24, 2.45) is 0 Å². The van der Waals surface area contributed by atoms with Crippen molar-refractivity contribution >= 4 is 0 Å². The van der Waals surface area contributed by atoms with Gasteiger partial charge in [0.2, 0.25) is 0 Å². The number of phenols is 2. The molecule has 0 spiro atoms. The van der Waals surface area contributed by atoms with Crippen LogP contribution in [0.25, 0.3) is 0 Å². The van der Waals surface area contributed by atoms with Crippen LogP contribution in [0.4, 0.5) is 0 Å². The minimum atomic E-state index is -0.268. The molecule has 0 saturated heterocycles. The molecular formula is C16H15NO2. The molecule has 96 valence electrons. The van der Waals surface area contributed by atoms with Gasteiger partial charge < -0.3 is 10.2 Å². The highest BCUT2D eigenvalue weighted by molar-refractivity contribution is 5.54. The SMILES string of the molecule is C#CCN(CC#C)CCc1cc(O)c(O)c(C#C)c1. The molecule has 1 aromatic carbocycles. The van der Waals surface area contributed by atoms with Crippen LogP contribution < -0.4 is 0 Å². The normalized spacial score (nSPS) is 9.58. The largest absolute Gasteiger partial charge is 0.504 e. The third kappa shape index (κ3) is 4.00. The molecule has 1 aromatic rings. The number of hydrogen-bond donors (Lipinski definition) is 2. The predicted molar refractivity (Wildman–Crippen MR) is 75.5 cm³/mol. The molecule has 0 radical (unpaired) electrons. The van der Waals surface area contributed by atoms with Crippen molar-refractivity contribution < 1.29 is 10.2 Å². The number of rotatable bonds is 5. The fourth-order valence-electron chi connectivity index (χ4n) is 1.69. The van der Waals surface area contributed by atoms with Crippen LogP contribution in [-0.2, 0) is 6.42 Å². The van der Waals surface area contributed by atoms with Gasteiger partial charge in [0, 0.05) is 6.54 Å². The molecule has 3 nitrogen and oxygen atoms in total. The molecule has 2 N–H and O–H groups in total. The van der Waals surface area contributed by atoms with Gasteiger partial charge in [-0.25, -0.2) is 0 Å². The molecule has 0 aliphatic carbocycles. The second-order valence-electron chi connectivity index (χ2n) is 4.02. The van der Waals surface area contributed by atoms with E-state index in [1.165, 1.54) is 6.07 Å². The van der Waals surface area contributed by atoms with Crippen LogP contribution in [0.1, 0.15) is 11.1 Å². The number of hydrogen-bond acceptors (Lipinski definition) is 3. The Morgan fingerprint density at radius 2 is 1.68 bits per heavy atom. The minimum absolute atomic E-state index is 0.217. The van der Waals surface area contributed by atoms with E-state index >= 15 is 0 Å². The zero-order valence-electron chi connectivity index (χ0n) is 10.6. The van der Waals surface area contributed by atoms with E-state index in [4.69, 9.17) is 19.3 Å². The maximum absolute atomic E-state index is 9.56. The molecule has 0 heterocycles. The minimum Gasteiger partial charge on any atom is -0.504 e. The van der Waals surface area contributed by atoms with E-state index in [0.717, 1.165) is 5.56 Å². The number of phenolic OH excluding ortho intramolecular Hbond substituents is 2. The summed E-state index contributed by atoms with van der Waals surface area (Å²) in [7, 11) is 0. The predicted octanol–water partition coefficient (Wildman–Crippen LogP) is 1.19. The first-order chi connectivity index (χ1) is 9.12. The van der Waals surface area contributed by atoms with E-state index in [-0.39, 0.29) is 17.1 Å². The summed E-state index contributed by atoms with van der Waals surface area (Å²) < 4.78 is 0. The lowest BCUT2D eigenvalue weighted by atomic mass is 10.1. The summed E-state index contributed by atoms with van der Waals surface area (Å²) in [6.07, 6.45) is 16.4. The van der Waals surface area contributed by atoms with Crippen LogP contribution in [0.3, 0.4) is 0 Å². The van der Waals surface area contributed by atoms with Gasteiger partial charge >= 0.3 is 0 Å². The van der Waals surface area contributed by atoms with Crippen molar-refractivity contribution in [3.8, 4) is 48.5 Å². The highest BCUT2D eigenvalue weighted by atomic mass is 16.3. The first-order valence-electron chi connectivity index (χ1n) is 5.73. The van der Waals surface area contributed by atoms with Crippen LogP contribution in [0.15, 0.2) is 12.1 Å². The Bertz CT molecular complexity index is 554. The molecular weight excluding hydrogens is 238 g/mol. The molecule has 0 aliphatic heterocycles. The lowest BCUT2D eigenvalue weighted by Gasteiger charge is -2.16. The Labute approximate surface area is 113 Å². The van der Waals surface area contributed by atoms with Gasteiger partial charge in [0.1, 0.15) is 0 Å². The van der Waals surface area contributed by atoms with E-state index in [9.17, 15) is 10.2 Å². The van der Waals surface area contributed by atoms with Gasteiger partial charge in [0.05, 0.1) is 18.7 Å². The standard InChI is InChI=1S/C16H15NO2/c1-4-8-17(9-5-2)10-7-13-11-14(6-3)16(19)15(18)12-13/h1-3,11-12,18-19H,7-10H2. The van der Waals surface area contributed by atoms with Crippen molar-refractivity contribution in [1.82, 2.24) is 4.90 Å². The van der Waals surface area contributed by atoms with E-state index in [0.29, 0.717) is 26.1 Å². The molecule has 19 heavy (non-hydrogen) atoms. The maximum atomic E-state index is 9.56. The van der Waals surface area contributed by atoms with Gasteiger partial charge in [-0.15, -0.1) is 19.3 Å². The van der Waals surface area contributed by atoms with Gasteiger partial charge in [-0.1, -0.05) is 17.8 Å². The molecule has 0 saturated carbocycles. The average molecular weight is 253 g/mol. The van der Waals surface area contributed by atoms with Gasteiger partial charge in [-0.2, -0.15) is 0 Å². The quantitative estimate of drug-likeness (QED) is 0.612. The number of nitrogens with zero attached hydrogens (tertiary/aromatic N) is 1. The summed E-state index contributed by atoms with van der Waals surface area (Å²) in [6.45, 7) is 1.59. The summed E-state index contributed by atoms with van der Waals surface area (Å²) in [6, 6.07) is 3.15. The van der Waals surface area contributed by atoms with Crippen molar-refractivity contribution in [3.63, 3.8) is 0 Å². The third-order valence-electron chi connectivity index (χ3n) is 2.65. The van der Waals surface area contributed by atoms with Gasteiger partial charge in [-0.05, 0) is 24.1 Å². The monoisotopic (exact) mass is 253 g/mol. The second-order valence-corrected chi connectivity index (χ2v) is 4.02. The van der Waals surface area contributed by atoms with E-state index < -0.39 is 0 Å². The molecule has 3 heteroatoms. The highest BCUT2D eigenvalue weighted by Gasteiger charge is 2.09. The van der Waals surface area contributed by atoms with E-state index in [2.05, 4.69) is 17.8 Å². The Balaban J connectivity index is 2.78. The zero-order valence-corrected chi connectivity index (χ0v) is 10.6. The van der Waals surface area contributed by atoms with Crippen molar-refractivity contribution in [2.45, 2.75) is 6.42 Å². The molecule has 0 fully saturated rings. The highest BCUT2D eigenvalue weighted by Crippen LogP contribution is 2.29. The van der Waals surface area contributed by atoms with E-state index in [1.54, 1.807) is 6.07 Å².